The van der Waals surface area contributed by atoms with E-state index in [1.807, 2.05) is 0 Å². The van der Waals surface area contributed by atoms with Gasteiger partial charge in [-0.2, -0.15) is 13.2 Å². The molecule has 0 aliphatic carbocycles. The van der Waals surface area contributed by atoms with Crippen molar-refractivity contribution in [1.29, 1.82) is 0 Å². The molecule has 2 aromatic heterocycles. The maximum atomic E-state index is 13.7. The maximum absolute atomic E-state index is 13.7. The fourth-order valence-electron chi connectivity index (χ4n) is 1.66. The van der Waals surface area contributed by atoms with Crippen molar-refractivity contribution in [3.63, 3.8) is 0 Å². The van der Waals surface area contributed by atoms with E-state index in [0.717, 1.165) is 19.3 Å². The molecule has 0 amide bonds. The third-order valence-electron chi connectivity index (χ3n) is 2.61. The molecule has 0 saturated carbocycles. The zero-order valence-electron chi connectivity index (χ0n) is 10.3. The van der Waals surface area contributed by atoms with Gasteiger partial charge in [-0.1, -0.05) is 11.6 Å². The SMILES string of the molecule is Cn1c(C(F)(F)F)cc(=O)n(-c2ncc(Cl)cc2F)c1=O. The van der Waals surface area contributed by atoms with Crippen LogP contribution in [0.15, 0.2) is 27.9 Å². The number of rotatable bonds is 1. The predicted octanol–water partition coefficient (Wildman–Crippen LogP) is 1.74. The van der Waals surface area contributed by atoms with Crippen LogP contribution in [0.4, 0.5) is 17.6 Å². The van der Waals surface area contributed by atoms with Gasteiger partial charge in [0.1, 0.15) is 5.69 Å². The van der Waals surface area contributed by atoms with Gasteiger partial charge in [0.05, 0.1) is 5.02 Å². The van der Waals surface area contributed by atoms with Crippen molar-refractivity contribution >= 4 is 11.6 Å². The van der Waals surface area contributed by atoms with Crippen molar-refractivity contribution in [1.82, 2.24) is 14.1 Å². The number of hydrogen-bond acceptors (Lipinski definition) is 3. The monoisotopic (exact) mass is 323 g/mol. The predicted molar refractivity (Wildman–Crippen MR) is 65.0 cm³/mol. The van der Waals surface area contributed by atoms with Gasteiger partial charge < -0.3 is 0 Å². The topological polar surface area (TPSA) is 56.9 Å². The van der Waals surface area contributed by atoms with Crippen LogP contribution in [0, 0.1) is 5.82 Å². The number of aromatic nitrogens is 3. The molecule has 0 aromatic carbocycles. The third kappa shape index (κ3) is 2.68. The van der Waals surface area contributed by atoms with Crippen molar-refractivity contribution in [2.24, 2.45) is 7.05 Å². The molecule has 10 heteroatoms. The molecule has 0 spiro atoms. The van der Waals surface area contributed by atoms with Gasteiger partial charge >= 0.3 is 11.9 Å². The van der Waals surface area contributed by atoms with E-state index in [4.69, 9.17) is 11.6 Å². The van der Waals surface area contributed by atoms with Gasteiger partial charge in [-0.25, -0.2) is 18.7 Å². The highest BCUT2D eigenvalue weighted by Gasteiger charge is 2.35. The number of pyridine rings is 1. The van der Waals surface area contributed by atoms with Gasteiger partial charge in [0.15, 0.2) is 11.6 Å². The van der Waals surface area contributed by atoms with Crippen molar-refractivity contribution in [2.45, 2.75) is 6.18 Å². The third-order valence-corrected chi connectivity index (χ3v) is 2.82. The summed E-state index contributed by atoms with van der Waals surface area (Å²) in [7, 11) is 0.814. The zero-order valence-corrected chi connectivity index (χ0v) is 11.0. The van der Waals surface area contributed by atoms with Crippen LogP contribution in [0.2, 0.25) is 5.02 Å². The summed E-state index contributed by atoms with van der Waals surface area (Å²) in [4.78, 5) is 27.1. The lowest BCUT2D eigenvalue weighted by molar-refractivity contribution is -0.144. The first-order chi connectivity index (χ1) is 9.62. The second-order valence-electron chi connectivity index (χ2n) is 4.00. The molecule has 0 bridgehead atoms. The molecular formula is C11H6ClF4N3O2. The summed E-state index contributed by atoms with van der Waals surface area (Å²) < 4.78 is 52.1. The minimum absolute atomic E-state index is 0.0898. The van der Waals surface area contributed by atoms with Crippen molar-refractivity contribution in [2.75, 3.05) is 0 Å². The summed E-state index contributed by atoms with van der Waals surface area (Å²) in [6, 6.07) is 0.977. The highest BCUT2D eigenvalue weighted by Crippen LogP contribution is 2.27. The van der Waals surface area contributed by atoms with E-state index >= 15 is 0 Å². The number of hydrogen-bond donors (Lipinski definition) is 0. The summed E-state index contributed by atoms with van der Waals surface area (Å²) in [6.07, 6.45) is -3.93. The van der Waals surface area contributed by atoms with Crippen LogP contribution < -0.4 is 11.2 Å². The highest BCUT2D eigenvalue weighted by molar-refractivity contribution is 6.30. The normalized spacial score (nSPS) is 11.7. The molecular weight excluding hydrogens is 318 g/mol. The van der Waals surface area contributed by atoms with Gasteiger partial charge in [-0.3, -0.25) is 9.36 Å². The lowest BCUT2D eigenvalue weighted by Crippen LogP contribution is -2.41. The first kappa shape index (κ1) is 15.2. The Morgan fingerprint density at radius 1 is 1.24 bits per heavy atom. The molecule has 0 atom stereocenters. The van der Waals surface area contributed by atoms with E-state index < -0.39 is 34.8 Å². The molecule has 0 radical (unpaired) electrons. The second-order valence-corrected chi connectivity index (χ2v) is 4.44. The molecule has 0 aliphatic heterocycles. The van der Waals surface area contributed by atoms with E-state index in [-0.39, 0.29) is 20.2 Å². The van der Waals surface area contributed by atoms with Crippen molar-refractivity contribution in [3.8, 4) is 5.82 Å². The van der Waals surface area contributed by atoms with E-state index in [0.29, 0.717) is 0 Å². The molecule has 2 aromatic rings. The van der Waals surface area contributed by atoms with Crippen molar-refractivity contribution < 1.29 is 17.6 Å². The molecule has 0 aliphatic rings. The second kappa shape index (κ2) is 4.99. The summed E-state index contributed by atoms with van der Waals surface area (Å²) in [6.45, 7) is 0. The van der Waals surface area contributed by atoms with E-state index in [2.05, 4.69) is 4.98 Å². The molecule has 112 valence electrons. The fraction of sp³-hybridized carbons (Fsp3) is 0.182. The Morgan fingerprint density at radius 3 is 2.38 bits per heavy atom. The van der Waals surface area contributed by atoms with Gasteiger partial charge in [0.2, 0.25) is 0 Å². The number of alkyl halides is 3. The fourth-order valence-corrected chi connectivity index (χ4v) is 1.81. The molecule has 0 fully saturated rings. The van der Waals surface area contributed by atoms with Gasteiger partial charge in [-0.05, 0) is 6.07 Å². The lowest BCUT2D eigenvalue weighted by atomic mass is 10.3. The summed E-state index contributed by atoms with van der Waals surface area (Å²) in [5.74, 6) is -1.83. The van der Waals surface area contributed by atoms with E-state index in [1.54, 1.807) is 0 Å². The molecule has 2 heterocycles. The zero-order chi connectivity index (χ0) is 15.9. The first-order valence-corrected chi connectivity index (χ1v) is 5.72. The van der Waals surface area contributed by atoms with Crippen LogP contribution in [0.1, 0.15) is 5.69 Å². The highest BCUT2D eigenvalue weighted by atomic mass is 35.5. The molecule has 21 heavy (non-hydrogen) atoms. The van der Waals surface area contributed by atoms with Gasteiger partial charge in [0, 0.05) is 19.3 Å². The smallest absolute Gasteiger partial charge is 0.292 e. The van der Waals surface area contributed by atoms with E-state index in [9.17, 15) is 27.2 Å². The summed E-state index contributed by atoms with van der Waals surface area (Å²) in [5.41, 5.74) is -4.16. The Bertz CT molecular complexity index is 826. The average molecular weight is 324 g/mol. The van der Waals surface area contributed by atoms with Crippen LogP contribution >= 0.6 is 11.6 Å². The molecule has 0 N–H and O–H groups in total. The van der Waals surface area contributed by atoms with Crippen LogP contribution in [-0.2, 0) is 13.2 Å². The lowest BCUT2D eigenvalue weighted by Gasteiger charge is -2.13. The largest absolute Gasteiger partial charge is 0.431 e. The van der Waals surface area contributed by atoms with Gasteiger partial charge in [-0.15, -0.1) is 0 Å². The van der Waals surface area contributed by atoms with Crippen LogP contribution in [-0.4, -0.2) is 14.1 Å². The summed E-state index contributed by atoms with van der Waals surface area (Å²) in [5, 5.41) is -0.0898. The number of nitrogens with zero attached hydrogens (tertiary/aromatic N) is 3. The summed E-state index contributed by atoms with van der Waals surface area (Å²) >= 11 is 5.48. The van der Waals surface area contributed by atoms with Crippen LogP contribution in [0.5, 0.6) is 0 Å². The van der Waals surface area contributed by atoms with Gasteiger partial charge in [0.25, 0.3) is 5.56 Å². The first-order valence-electron chi connectivity index (χ1n) is 5.34. The quantitative estimate of drug-likeness (QED) is 0.751. The van der Waals surface area contributed by atoms with E-state index in [1.165, 1.54) is 0 Å². The molecule has 5 nitrogen and oxygen atoms in total. The minimum atomic E-state index is -4.89. The maximum Gasteiger partial charge on any atom is 0.431 e. The average Bonchev–Trinajstić information content (AvgIpc) is 2.35. The van der Waals surface area contributed by atoms with Crippen LogP contribution in [0.3, 0.4) is 0 Å². The number of halogens is 5. The Labute approximate surface area is 119 Å². The molecule has 0 saturated heterocycles. The molecule has 2 rings (SSSR count). The van der Waals surface area contributed by atoms with Crippen LogP contribution in [0.25, 0.3) is 5.82 Å². The Kier molecular flexibility index (Phi) is 3.62. The Hall–Kier alpha value is -2.16. The Balaban J connectivity index is 2.82. The minimum Gasteiger partial charge on any atom is -0.292 e. The van der Waals surface area contributed by atoms with Crippen molar-refractivity contribution in [3.05, 3.63) is 55.7 Å². The Morgan fingerprint density at radius 2 is 1.86 bits per heavy atom. The standard InChI is InChI=1S/C11H6ClF4N3O2/c1-18-7(11(14,15)16)3-8(20)19(10(18)21)9-6(13)2-5(12)4-17-9/h2-4H,1H3. The molecule has 0 unspecified atom stereocenters.